The topological polar surface area (TPSA) is 151 Å². The third-order valence-corrected chi connectivity index (χ3v) is 4.75. The normalized spacial score (nSPS) is 37.7. The van der Waals surface area contributed by atoms with Crippen molar-refractivity contribution in [3.05, 3.63) is 35.9 Å². The van der Waals surface area contributed by atoms with Crippen LogP contribution in [0.4, 0.5) is 0 Å². The Bertz CT molecular complexity index is 749. The lowest BCUT2D eigenvalue weighted by Gasteiger charge is -2.58. The second-order valence-electron chi connectivity index (χ2n) is 6.15. The number of aliphatic hydroxyl groups excluding tert-OH is 3. The maximum absolute atomic E-state index is 12.2. The molecule has 1 spiro atoms. The molecule has 3 rings (SSSR count). The number of hydrogen-bond donors (Lipinski definition) is 4. The van der Waals surface area contributed by atoms with Crippen LogP contribution in [0.1, 0.15) is 12.0 Å². The molecular weight excluding hydrogens is 332 g/mol. The van der Waals surface area contributed by atoms with Crippen LogP contribution < -0.4 is 0 Å². The highest BCUT2D eigenvalue weighted by atomic mass is 16.7. The van der Waals surface area contributed by atoms with Crippen molar-refractivity contribution in [1.29, 1.82) is 5.26 Å². The molecule has 0 bridgehead atoms. The predicted octanol–water partition coefficient (Wildman–Crippen LogP) is -1.99. The second-order valence-corrected chi connectivity index (χ2v) is 6.15. The molecule has 2 fully saturated rings. The first-order valence-corrected chi connectivity index (χ1v) is 7.51. The number of nitrogens with zero attached hydrogens (tertiary/aromatic N) is 2. The molecule has 5 atom stereocenters. The van der Waals surface area contributed by atoms with Crippen molar-refractivity contribution >= 4 is 11.7 Å². The van der Waals surface area contributed by atoms with Crippen molar-refractivity contribution < 1.29 is 34.9 Å². The van der Waals surface area contributed by atoms with Gasteiger partial charge in [-0.05, 0) is 5.56 Å². The van der Waals surface area contributed by atoms with Crippen molar-refractivity contribution in [3.63, 3.8) is 0 Å². The summed E-state index contributed by atoms with van der Waals surface area (Å²) in [5, 5.41) is 50.2. The van der Waals surface area contributed by atoms with E-state index in [9.17, 15) is 30.0 Å². The van der Waals surface area contributed by atoms with E-state index < -0.39 is 47.6 Å². The van der Waals surface area contributed by atoms with Crippen molar-refractivity contribution in [2.75, 3.05) is 0 Å². The largest absolute Gasteiger partial charge is 0.388 e. The number of Topliss-reactive ketones (excluding diaryl/α,β-unsaturated/α-hetero) is 1. The Balaban J connectivity index is 1.88. The van der Waals surface area contributed by atoms with Gasteiger partial charge in [-0.25, -0.2) is 5.06 Å². The summed E-state index contributed by atoms with van der Waals surface area (Å²) in [6.45, 7) is -0.0828. The second kappa shape index (κ2) is 5.87. The van der Waals surface area contributed by atoms with Crippen LogP contribution >= 0.6 is 0 Å². The molecule has 9 nitrogen and oxygen atoms in total. The predicted molar refractivity (Wildman–Crippen MR) is 79.0 cm³/mol. The van der Waals surface area contributed by atoms with Gasteiger partial charge in [-0.1, -0.05) is 30.3 Å². The van der Waals surface area contributed by atoms with Gasteiger partial charge in [0, 0.05) is 0 Å². The first kappa shape index (κ1) is 17.5. The molecule has 0 unspecified atom stereocenters. The summed E-state index contributed by atoms with van der Waals surface area (Å²) >= 11 is 0. The van der Waals surface area contributed by atoms with Gasteiger partial charge in [-0.2, -0.15) is 5.26 Å². The van der Waals surface area contributed by atoms with Crippen LogP contribution in [0.3, 0.4) is 0 Å². The van der Waals surface area contributed by atoms with Gasteiger partial charge in [0.05, 0.1) is 6.42 Å². The summed E-state index contributed by atoms with van der Waals surface area (Å²) in [7, 11) is 0. The molecule has 1 saturated heterocycles. The van der Waals surface area contributed by atoms with E-state index >= 15 is 0 Å². The van der Waals surface area contributed by atoms with Gasteiger partial charge in [0.25, 0.3) is 0 Å². The monoisotopic (exact) mass is 348 g/mol. The minimum absolute atomic E-state index is 0.0828. The Labute approximate surface area is 142 Å². The lowest BCUT2D eigenvalue weighted by Crippen LogP contribution is -2.84. The van der Waals surface area contributed by atoms with E-state index in [1.807, 2.05) is 0 Å². The van der Waals surface area contributed by atoms with Crippen molar-refractivity contribution in [1.82, 2.24) is 5.06 Å². The number of carbonyl (C=O) groups is 2. The Morgan fingerprint density at radius 2 is 1.84 bits per heavy atom. The number of ketones is 1. The van der Waals surface area contributed by atoms with Crippen molar-refractivity contribution in [2.45, 2.75) is 42.5 Å². The number of amides is 1. The smallest absolute Gasteiger partial charge is 0.249 e. The molecular formula is C16H16N2O7. The Hall–Kier alpha value is -2.35. The van der Waals surface area contributed by atoms with E-state index in [1.54, 1.807) is 30.3 Å². The maximum atomic E-state index is 12.2. The first-order valence-electron chi connectivity index (χ1n) is 7.51. The number of benzene rings is 1. The molecule has 0 radical (unpaired) electrons. The average molecular weight is 348 g/mol. The number of hydroxylamine groups is 2. The third-order valence-electron chi connectivity index (χ3n) is 4.75. The number of carbonyl (C=O) groups excluding carboxylic acids is 2. The molecule has 2 aliphatic rings. The summed E-state index contributed by atoms with van der Waals surface area (Å²) in [5.41, 5.74) is -4.23. The SMILES string of the molecule is N#C[C@@]1(O)C(=O)[C@@H](O)[C@]2(CC(=O)N2OCc2ccccc2)[C@H](O)[C@@H]1O. The van der Waals surface area contributed by atoms with Crippen LogP contribution in [0.15, 0.2) is 30.3 Å². The van der Waals surface area contributed by atoms with Crippen molar-refractivity contribution in [2.24, 2.45) is 0 Å². The van der Waals surface area contributed by atoms with Crippen molar-refractivity contribution in [3.8, 4) is 6.07 Å². The zero-order valence-electron chi connectivity index (χ0n) is 12.9. The zero-order valence-corrected chi connectivity index (χ0v) is 12.9. The standard InChI is InChI=1S/C16H16N2O7/c17-8-16(24)13(22)11(20)15(12(21)14(16)23)6-10(19)18(15)25-7-9-4-2-1-3-5-9/h1-5,11-13,20-22,24H,6-7H2/t11-,12-,13+,15+,16+/m1/s1. The lowest BCUT2D eigenvalue weighted by atomic mass is 9.63. The fourth-order valence-corrected chi connectivity index (χ4v) is 3.23. The Morgan fingerprint density at radius 3 is 2.40 bits per heavy atom. The van der Waals surface area contributed by atoms with Gasteiger partial charge in [-0.15, -0.1) is 0 Å². The third kappa shape index (κ3) is 2.27. The van der Waals surface area contributed by atoms with E-state index in [4.69, 9.17) is 10.1 Å². The quantitative estimate of drug-likeness (QED) is 0.362. The summed E-state index contributed by atoms with van der Waals surface area (Å²) in [6, 6.07) is 9.92. The summed E-state index contributed by atoms with van der Waals surface area (Å²) in [4.78, 5) is 29.4. The number of nitriles is 1. The number of β-lactam (4-membered cyclic amide) rings is 1. The van der Waals surface area contributed by atoms with Gasteiger partial charge in [0.1, 0.15) is 36.5 Å². The highest BCUT2D eigenvalue weighted by Gasteiger charge is 2.73. The highest BCUT2D eigenvalue weighted by molar-refractivity contribution is 6.00. The molecule has 1 aromatic carbocycles. The van der Waals surface area contributed by atoms with Crippen LogP contribution in [0.25, 0.3) is 0 Å². The molecule has 1 aromatic rings. The molecule has 1 aliphatic heterocycles. The lowest BCUT2D eigenvalue weighted by molar-refractivity contribution is -0.319. The van der Waals surface area contributed by atoms with Gasteiger partial charge < -0.3 is 20.4 Å². The van der Waals surface area contributed by atoms with E-state index in [2.05, 4.69) is 0 Å². The van der Waals surface area contributed by atoms with Crippen LogP contribution in [0.2, 0.25) is 0 Å². The summed E-state index contributed by atoms with van der Waals surface area (Å²) in [5.74, 6) is -2.01. The average Bonchev–Trinajstić information content (AvgIpc) is 2.62. The number of rotatable bonds is 3. The molecule has 1 heterocycles. The fraction of sp³-hybridized carbons (Fsp3) is 0.438. The van der Waals surface area contributed by atoms with E-state index in [0.717, 1.165) is 0 Å². The molecule has 1 aliphatic carbocycles. The highest BCUT2D eigenvalue weighted by Crippen LogP contribution is 2.46. The minimum atomic E-state index is -2.96. The van der Waals surface area contributed by atoms with E-state index in [0.29, 0.717) is 10.6 Å². The molecule has 0 aromatic heterocycles. The Morgan fingerprint density at radius 1 is 1.20 bits per heavy atom. The van der Waals surface area contributed by atoms with E-state index in [1.165, 1.54) is 6.07 Å². The molecule has 132 valence electrons. The summed E-state index contributed by atoms with van der Waals surface area (Å²) in [6.07, 6.45) is -6.74. The van der Waals surface area contributed by atoms with Gasteiger partial charge in [0.2, 0.25) is 17.3 Å². The zero-order chi connectivity index (χ0) is 18.4. The molecule has 25 heavy (non-hydrogen) atoms. The number of aliphatic hydroxyl groups is 4. The van der Waals surface area contributed by atoms with Gasteiger partial charge >= 0.3 is 0 Å². The van der Waals surface area contributed by atoms with Gasteiger partial charge in [-0.3, -0.25) is 14.4 Å². The number of hydrogen-bond acceptors (Lipinski definition) is 8. The molecule has 1 amide bonds. The van der Waals surface area contributed by atoms with Crippen LogP contribution in [-0.4, -0.2) is 66.6 Å². The molecule has 4 N–H and O–H groups in total. The Kier molecular flexibility index (Phi) is 4.10. The minimum Gasteiger partial charge on any atom is -0.388 e. The van der Waals surface area contributed by atoms with Crippen LogP contribution in [-0.2, 0) is 21.0 Å². The molecule has 1 saturated carbocycles. The van der Waals surface area contributed by atoms with Crippen LogP contribution in [0.5, 0.6) is 0 Å². The van der Waals surface area contributed by atoms with Gasteiger partial charge in [0.15, 0.2) is 0 Å². The fourth-order valence-electron chi connectivity index (χ4n) is 3.23. The first-order chi connectivity index (χ1) is 11.8. The van der Waals surface area contributed by atoms with Crippen LogP contribution in [0, 0.1) is 11.3 Å². The van der Waals surface area contributed by atoms with E-state index in [-0.39, 0.29) is 6.61 Å². The maximum Gasteiger partial charge on any atom is 0.249 e. The molecule has 9 heteroatoms. The summed E-state index contributed by atoms with van der Waals surface area (Å²) < 4.78 is 0.